The summed E-state index contributed by atoms with van der Waals surface area (Å²) in [7, 11) is 0. The predicted molar refractivity (Wildman–Crippen MR) is 84.1 cm³/mol. The molecule has 2 aromatic rings. The van der Waals surface area contributed by atoms with E-state index in [2.05, 4.69) is 22.1 Å². The van der Waals surface area contributed by atoms with Gasteiger partial charge in [0.05, 0.1) is 10.6 Å². The smallest absolute Gasteiger partial charge is 0.251 e. The quantitative estimate of drug-likeness (QED) is 0.933. The normalized spacial score (nSPS) is 15.6. The van der Waals surface area contributed by atoms with Crippen molar-refractivity contribution >= 4 is 11.6 Å². The zero-order valence-corrected chi connectivity index (χ0v) is 12.7. The van der Waals surface area contributed by atoms with Gasteiger partial charge in [0.1, 0.15) is 11.9 Å². The molecule has 112 valence electrons. The molecule has 1 aromatic carbocycles. The third kappa shape index (κ3) is 2.89. The second-order valence-corrected chi connectivity index (χ2v) is 5.19. The minimum Gasteiger partial charge on any atom is -0.485 e. The molecule has 1 aromatic heterocycles. The topological polar surface area (TPSA) is 60.2 Å². The Labute approximate surface area is 133 Å². The van der Waals surface area contributed by atoms with Crippen molar-refractivity contribution in [1.29, 1.82) is 0 Å². The molecular formula is C16H14ClN3O2. The van der Waals surface area contributed by atoms with Crippen LogP contribution in [0.2, 0.25) is 0 Å². The van der Waals surface area contributed by atoms with Crippen LogP contribution >= 0.6 is 11.6 Å². The zero-order valence-electron chi connectivity index (χ0n) is 11.9. The summed E-state index contributed by atoms with van der Waals surface area (Å²) >= 11 is 6.03. The molecule has 22 heavy (non-hydrogen) atoms. The molecule has 1 aliphatic heterocycles. The van der Waals surface area contributed by atoms with E-state index in [0.717, 1.165) is 16.8 Å². The number of nitrogens with zero attached hydrogens (tertiary/aromatic N) is 2. The minimum absolute atomic E-state index is 0.244. The Morgan fingerprint density at radius 2 is 2.18 bits per heavy atom. The van der Waals surface area contributed by atoms with E-state index >= 15 is 0 Å². The molecule has 2 heterocycles. The lowest BCUT2D eigenvalue weighted by molar-refractivity contribution is 0.259. The molecule has 1 N–H and O–H groups in total. The third-order valence-corrected chi connectivity index (χ3v) is 3.46. The Kier molecular flexibility index (Phi) is 3.98. The summed E-state index contributed by atoms with van der Waals surface area (Å²) in [6.45, 7) is 5.89. The first-order valence-corrected chi connectivity index (χ1v) is 7.08. The Hall–Kier alpha value is -2.53. The van der Waals surface area contributed by atoms with Gasteiger partial charge in [-0.25, -0.2) is 0 Å². The number of dihydropyridines is 1. The number of ether oxygens (including phenoxy) is 1. The van der Waals surface area contributed by atoms with E-state index in [1.165, 1.54) is 6.39 Å². The lowest BCUT2D eigenvalue weighted by Crippen LogP contribution is -2.23. The molecule has 0 unspecified atom stereocenters. The molecule has 1 aliphatic rings. The van der Waals surface area contributed by atoms with Crippen molar-refractivity contribution in [2.24, 2.45) is 0 Å². The second kappa shape index (κ2) is 6.07. The second-order valence-electron chi connectivity index (χ2n) is 4.75. The Bertz CT molecular complexity index is 751. The SMILES string of the molecule is C=C1NC=C(Cl)C=C1[C@@H](C)Oc1ccccc1-c1nnco1. The average molecular weight is 316 g/mol. The summed E-state index contributed by atoms with van der Waals surface area (Å²) in [6, 6.07) is 7.49. The number of nitrogens with one attached hydrogen (secondary N) is 1. The van der Waals surface area contributed by atoms with Crippen LogP contribution in [0.1, 0.15) is 6.92 Å². The van der Waals surface area contributed by atoms with Crippen LogP contribution < -0.4 is 10.1 Å². The van der Waals surface area contributed by atoms with Gasteiger partial charge < -0.3 is 14.5 Å². The van der Waals surface area contributed by atoms with Crippen molar-refractivity contribution < 1.29 is 9.15 Å². The molecule has 1 atom stereocenters. The van der Waals surface area contributed by atoms with E-state index in [-0.39, 0.29) is 6.10 Å². The number of hydrogen-bond acceptors (Lipinski definition) is 5. The van der Waals surface area contributed by atoms with E-state index in [4.69, 9.17) is 20.8 Å². The highest BCUT2D eigenvalue weighted by Crippen LogP contribution is 2.31. The summed E-state index contributed by atoms with van der Waals surface area (Å²) in [5.41, 5.74) is 2.38. The summed E-state index contributed by atoms with van der Waals surface area (Å²) in [5.74, 6) is 1.06. The first-order chi connectivity index (χ1) is 10.6. The molecule has 0 saturated carbocycles. The van der Waals surface area contributed by atoms with Gasteiger partial charge in [-0.2, -0.15) is 0 Å². The Morgan fingerprint density at radius 1 is 1.36 bits per heavy atom. The average Bonchev–Trinajstić information content (AvgIpc) is 3.04. The maximum atomic E-state index is 6.04. The third-order valence-electron chi connectivity index (χ3n) is 3.25. The number of hydrogen-bond donors (Lipinski definition) is 1. The largest absolute Gasteiger partial charge is 0.485 e. The Balaban J connectivity index is 1.88. The van der Waals surface area contributed by atoms with Crippen molar-refractivity contribution in [3.8, 4) is 17.2 Å². The van der Waals surface area contributed by atoms with Crippen molar-refractivity contribution in [2.45, 2.75) is 13.0 Å². The van der Waals surface area contributed by atoms with Gasteiger partial charge in [-0.1, -0.05) is 30.3 Å². The van der Waals surface area contributed by atoms with Crippen LogP contribution in [0, 0.1) is 0 Å². The highest BCUT2D eigenvalue weighted by molar-refractivity contribution is 6.31. The standard InChI is InChI=1S/C16H14ClN3O2/c1-10-14(7-12(17)8-18-10)11(2)22-15-6-4-3-5-13(15)16-20-19-9-21-16/h3-9,11,18H,1H2,2H3/t11-/m1/s1. The molecule has 0 bridgehead atoms. The lowest BCUT2D eigenvalue weighted by atomic mass is 10.1. The summed E-state index contributed by atoms with van der Waals surface area (Å²) in [4.78, 5) is 0. The first kappa shape index (κ1) is 14.4. The van der Waals surface area contributed by atoms with Crippen LogP contribution in [0.15, 0.2) is 70.2 Å². The van der Waals surface area contributed by atoms with E-state index in [1.54, 1.807) is 6.20 Å². The Morgan fingerprint density at radius 3 is 2.95 bits per heavy atom. The molecule has 3 rings (SSSR count). The van der Waals surface area contributed by atoms with Gasteiger partial charge in [0.25, 0.3) is 5.89 Å². The lowest BCUT2D eigenvalue weighted by Gasteiger charge is -2.23. The molecular weight excluding hydrogens is 302 g/mol. The molecule has 0 fully saturated rings. The van der Waals surface area contributed by atoms with Gasteiger partial charge >= 0.3 is 0 Å². The van der Waals surface area contributed by atoms with Crippen molar-refractivity contribution in [3.05, 3.63) is 65.8 Å². The van der Waals surface area contributed by atoms with Crippen LogP contribution in [-0.2, 0) is 0 Å². The number of para-hydroxylation sites is 1. The molecule has 6 heteroatoms. The fourth-order valence-corrected chi connectivity index (χ4v) is 2.34. The summed E-state index contributed by atoms with van der Waals surface area (Å²) in [5, 5.41) is 11.2. The van der Waals surface area contributed by atoms with E-state index < -0.39 is 0 Å². The number of halogens is 1. The number of rotatable bonds is 4. The van der Waals surface area contributed by atoms with E-state index in [9.17, 15) is 0 Å². The molecule has 0 amide bonds. The van der Waals surface area contributed by atoms with E-state index in [0.29, 0.717) is 16.7 Å². The van der Waals surface area contributed by atoms with Crippen LogP contribution in [-0.4, -0.2) is 16.3 Å². The van der Waals surface area contributed by atoms with Crippen LogP contribution in [0.4, 0.5) is 0 Å². The van der Waals surface area contributed by atoms with Gasteiger partial charge in [-0.15, -0.1) is 10.2 Å². The fourth-order valence-electron chi connectivity index (χ4n) is 2.17. The van der Waals surface area contributed by atoms with Gasteiger partial charge in [0.15, 0.2) is 0 Å². The maximum Gasteiger partial charge on any atom is 0.251 e. The van der Waals surface area contributed by atoms with Crippen LogP contribution in [0.5, 0.6) is 5.75 Å². The van der Waals surface area contributed by atoms with Crippen LogP contribution in [0.3, 0.4) is 0 Å². The van der Waals surface area contributed by atoms with Gasteiger partial charge in [0, 0.05) is 17.5 Å². The molecule has 0 saturated heterocycles. The summed E-state index contributed by atoms with van der Waals surface area (Å²) < 4.78 is 11.3. The van der Waals surface area contributed by atoms with Crippen molar-refractivity contribution in [1.82, 2.24) is 15.5 Å². The molecule has 0 radical (unpaired) electrons. The van der Waals surface area contributed by atoms with Gasteiger partial charge in [-0.3, -0.25) is 0 Å². The summed E-state index contributed by atoms with van der Waals surface area (Å²) in [6.07, 6.45) is 4.56. The van der Waals surface area contributed by atoms with Crippen molar-refractivity contribution in [2.75, 3.05) is 0 Å². The predicted octanol–water partition coefficient (Wildman–Crippen LogP) is 3.63. The van der Waals surface area contributed by atoms with Crippen molar-refractivity contribution in [3.63, 3.8) is 0 Å². The highest BCUT2D eigenvalue weighted by Gasteiger charge is 2.19. The highest BCUT2D eigenvalue weighted by atomic mass is 35.5. The molecule has 5 nitrogen and oxygen atoms in total. The maximum absolute atomic E-state index is 6.04. The van der Waals surface area contributed by atoms with Gasteiger partial charge in [0.2, 0.25) is 6.39 Å². The first-order valence-electron chi connectivity index (χ1n) is 6.70. The molecule has 0 spiro atoms. The number of aromatic nitrogens is 2. The fraction of sp³-hybridized carbons (Fsp3) is 0.125. The zero-order chi connectivity index (χ0) is 15.5. The number of benzene rings is 1. The minimum atomic E-state index is -0.244. The van der Waals surface area contributed by atoms with Crippen LogP contribution in [0.25, 0.3) is 11.5 Å². The van der Waals surface area contributed by atoms with E-state index in [1.807, 2.05) is 37.3 Å². The monoisotopic (exact) mass is 315 g/mol. The molecule has 0 aliphatic carbocycles. The van der Waals surface area contributed by atoms with Gasteiger partial charge in [-0.05, 0) is 25.1 Å². The number of allylic oxidation sites excluding steroid dienone is 2.